The second kappa shape index (κ2) is 6.65. The number of alkyl halides is 1. The number of ether oxygens (including phenoxy) is 2. The number of rotatable bonds is 5. The number of halogens is 2. The highest BCUT2D eigenvalue weighted by atomic mass is 35.5. The Bertz CT molecular complexity index is 676. The maximum absolute atomic E-state index is 11.1. The summed E-state index contributed by atoms with van der Waals surface area (Å²) < 4.78 is 10.5. The van der Waals surface area contributed by atoms with Crippen LogP contribution in [-0.4, -0.2) is 12.0 Å². The van der Waals surface area contributed by atoms with Crippen molar-refractivity contribution >= 4 is 28.9 Å². The Morgan fingerprint density at radius 1 is 1.19 bits per heavy atom. The summed E-state index contributed by atoms with van der Waals surface area (Å²) in [5.41, 5.74) is 0.630. The van der Waals surface area contributed by atoms with Crippen molar-refractivity contribution in [2.45, 2.75) is 5.88 Å². The Morgan fingerprint density at radius 3 is 2.48 bits per heavy atom. The molecule has 0 unspecified atom stereocenters. The molecule has 0 heterocycles. The molecule has 0 aliphatic heterocycles. The second-order valence-corrected chi connectivity index (χ2v) is 4.77. The zero-order valence-electron chi connectivity index (χ0n) is 11.0. The molecule has 0 saturated carbocycles. The van der Waals surface area contributed by atoms with Gasteiger partial charge >= 0.3 is 5.69 Å². The van der Waals surface area contributed by atoms with Crippen molar-refractivity contribution in [1.82, 2.24) is 0 Å². The minimum absolute atomic E-state index is 0.0846. The molecule has 0 atom stereocenters. The van der Waals surface area contributed by atoms with Crippen molar-refractivity contribution in [1.29, 1.82) is 0 Å². The van der Waals surface area contributed by atoms with Crippen molar-refractivity contribution in [3.05, 3.63) is 57.1 Å². The second-order valence-electron chi connectivity index (χ2n) is 4.09. The van der Waals surface area contributed by atoms with Crippen LogP contribution in [0.15, 0.2) is 36.4 Å². The van der Waals surface area contributed by atoms with Crippen LogP contribution in [0.1, 0.15) is 5.56 Å². The van der Waals surface area contributed by atoms with Gasteiger partial charge in [0.1, 0.15) is 11.5 Å². The van der Waals surface area contributed by atoms with E-state index in [0.29, 0.717) is 22.4 Å². The molecule has 110 valence electrons. The molecule has 0 aliphatic rings. The largest absolute Gasteiger partial charge is 0.496 e. The van der Waals surface area contributed by atoms with Gasteiger partial charge in [-0.1, -0.05) is 17.7 Å². The average molecular weight is 328 g/mol. The minimum atomic E-state index is -0.543. The van der Waals surface area contributed by atoms with Gasteiger partial charge in [0.25, 0.3) is 0 Å². The van der Waals surface area contributed by atoms with E-state index in [1.807, 2.05) is 0 Å². The van der Waals surface area contributed by atoms with E-state index in [9.17, 15) is 10.1 Å². The molecule has 21 heavy (non-hydrogen) atoms. The average Bonchev–Trinajstić information content (AvgIpc) is 2.49. The Hall–Kier alpha value is -1.98. The van der Waals surface area contributed by atoms with Crippen LogP contribution in [0.2, 0.25) is 5.02 Å². The molecule has 5 nitrogen and oxygen atoms in total. The number of benzene rings is 2. The molecule has 0 amide bonds. The van der Waals surface area contributed by atoms with Gasteiger partial charge in [-0.3, -0.25) is 10.1 Å². The first kappa shape index (κ1) is 15.4. The summed E-state index contributed by atoms with van der Waals surface area (Å²) in [6.07, 6.45) is 0. The van der Waals surface area contributed by atoms with E-state index in [0.717, 1.165) is 5.56 Å². The molecule has 0 spiro atoms. The molecule has 0 radical (unpaired) electrons. The first-order chi connectivity index (χ1) is 10.0. The molecular weight excluding hydrogens is 317 g/mol. The highest BCUT2D eigenvalue weighted by Gasteiger charge is 2.18. The fourth-order valence-electron chi connectivity index (χ4n) is 1.68. The summed E-state index contributed by atoms with van der Waals surface area (Å²) in [5.74, 6) is 1.10. The van der Waals surface area contributed by atoms with Crippen molar-refractivity contribution in [3.63, 3.8) is 0 Å². The molecule has 2 aromatic rings. The van der Waals surface area contributed by atoms with E-state index >= 15 is 0 Å². The van der Waals surface area contributed by atoms with Crippen molar-refractivity contribution in [2.75, 3.05) is 7.11 Å². The quantitative estimate of drug-likeness (QED) is 0.450. The molecule has 0 aromatic heterocycles. The SMILES string of the molecule is COc1ccc(Oc2ccc(CCl)cc2Cl)c([N+](=O)[O-])c1. The Morgan fingerprint density at radius 2 is 1.90 bits per heavy atom. The number of nitro benzene ring substituents is 1. The van der Waals surface area contributed by atoms with Gasteiger partial charge in [-0.15, -0.1) is 11.6 Å². The lowest BCUT2D eigenvalue weighted by Crippen LogP contribution is -1.95. The van der Waals surface area contributed by atoms with Crippen LogP contribution >= 0.6 is 23.2 Å². The number of hydrogen-bond acceptors (Lipinski definition) is 4. The number of hydrogen-bond donors (Lipinski definition) is 0. The molecule has 0 saturated heterocycles. The standard InChI is InChI=1S/C14H11Cl2NO4/c1-20-10-3-5-14(12(7-10)17(18)19)21-13-4-2-9(8-15)6-11(13)16/h2-7H,8H2,1H3. The van der Waals surface area contributed by atoms with Crippen LogP contribution in [-0.2, 0) is 5.88 Å². The van der Waals surface area contributed by atoms with Crippen LogP contribution < -0.4 is 9.47 Å². The number of nitrogens with zero attached hydrogens (tertiary/aromatic N) is 1. The first-order valence-electron chi connectivity index (χ1n) is 5.90. The smallest absolute Gasteiger partial charge is 0.315 e. The molecule has 0 aliphatic carbocycles. The normalized spacial score (nSPS) is 10.2. The van der Waals surface area contributed by atoms with E-state index in [1.165, 1.54) is 19.2 Å². The van der Waals surface area contributed by atoms with Gasteiger partial charge < -0.3 is 9.47 Å². The van der Waals surface area contributed by atoms with E-state index in [2.05, 4.69) is 0 Å². The fourth-order valence-corrected chi connectivity index (χ4v) is 2.09. The zero-order valence-corrected chi connectivity index (χ0v) is 12.5. The first-order valence-corrected chi connectivity index (χ1v) is 6.81. The monoisotopic (exact) mass is 327 g/mol. The highest BCUT2D eigenvalue weighted by Crippen LogP contribution is 2.37. The van der Waals surface area contributed by atoms with Crippen molar-refractivity contribution in [3.8, 4) is 17.2 Å². The maximum Gasteiger partial charge on any atom is 0.315 e. The predicted octanol–water partition coefficient (Wildman–Crippen LogP) is 4.79. The summed E-state index contributed by atoms with van der Waals surface area (Å²) >= 11 is 11.8. The van der Waals surface area contributed by atoms with Gasteiger partial charge in [0.2, 0.25) is 5.75 Å². The van der Waals surface area contributed by atoms with Gasteiger partial charge in [-0.25, -0.2) is 0 Å². The summed E-state index contributed by atoms with van der Waals surface area (Å²) in [7, 11) is 1.43. The number of nitro groups is 1. The van der Waals surface area contributed by atoms with Crippen LogP contribution in [0.25, 0.3) is 0 Å². The van der Waals surface area contributed by atoms with E-state index in [1.54, 1.807) is 24.3 Å². The molecule has 0 fully saturated rings. The van der Waals surface area contributed by atoms with Crippen molar-refractivity contribution < 1.29 is 14.4 Å². The lowest BCUT2D eigenvalue weighted by Gasteiger charge is -2.09. The topological polar surface area (TPSA) is 61.6 Å². The minimum Gasteiger partial charge on any atom is -0.496 e. The van der Waals surface area contributed by atoms with Crippen LogP contribution in [0, 0.1) is 10.1 Å². The molecule has 0 bridgehead atoms. The van der Waals surface area contributed by atoms with Crippen LogP contribution in [0.3, 0.4) is 0 Å². The van der Waals surface area contributed by atoms with Crippen LogP contribution in [0.5, 0.6) is 17.2 Å². The summed E-state index contributed by atoms with van der Waals surface area (Å²) in [5, 5.41) is 11.4. The van der Waals surface area contributed by atoms with Crippen LogP contribution in [0.4, 0.5) is 5.69 Å². The molecule has 0 N–H and O–H groups in total. The molecular formula is C14H11Cl2NO4. The summed E-state index contributed by atoms with van der Waals surface area (Å²) in [4.78, 5) is 10.5. The highest BCUT2D eigenvalue weighted by molar-refractivity contribution is 6.32. The third-order valence-corrected chi connectivity index (χ3v) is 3.34. The molecule has 7 heteroatoms. The van der Waals surface area contributed by atoms with Gasteiger partial charge in [-0.2, -0.15) is 0 Å². The Kier molecular flexibility index (Phi) is 4.88. The van der Waals surface area contributed by atoms with E-state index in [-0.39, 0.29) is 11.4 Å². The Balaban J connectivity index is 2.37. The zero-order chi connectivity index (χ0) is 15.4. The fraction of sp³-hybridized carbons (Fsp3) is 0.143. The maximum atomic E-state index is 11.1. The molecule has 2 aromatic carbocycles. The van der Waals surface area contributed by atoms with Crippen molar-refractivity contribution in [2.24, 2.45) is 0 Å². The lowest BCUT2D eigenvalue weighted by molar-refractivity contribution is -0.385. The molecule has 2 rings (SSSR count). The number of methoxy groups -OCH3 is 1. The van der Waals surface area contributed by atoms with Gasteiger partial charge in [0.15, 0.2) is 0 Å². The Labute approximate surface area is 131 Å². The lowest BCUT2D eigenvalue weighted by atomic mass is 10.2. The van der Waals surface area contributed by atoms with E-state index < -0.39 is 4.92 Å². The summed E-state index contributed by atoms with van der Waals surface area (Å²) in [6, 6.07) is 9.33. The third-order valence-electron chi connectivity index (χ3n) is 2.73. The van der Waals surface area contributed by atoms with Gasteiger partial charge in [-0.05, 0) is 29.8 Å². The summed E-state index contributed by atoms with van der Waals surface area (Å²) in [6.45, 7) is 0. The third kappa shape index (κ3) is 3.56. The predicted molar refractivity (Wildman–Crippen MR) is 80.7 cm³/mol. The van der Waals surface area contributed by atoms with E-state index in [4.69, 9.17) is 32.7 Å². The van der Waals surface area contributed by atoms with Gasteiger partial charge in [0, 0.05) is 5.88 Å². The van der Waals surface area contributed by atoms with Gasteiger partial charge in [0.05, 0.1) is 23.1 Å².